The molecule has 0 bridgehead atoms. The second kappa shape index (κ2) is 16.1. The molecule has 2 atom stereocenters. The van der Waals surface area contributed by atoms with Crippen molar-refractivity contribution in [1.82, 2.24) is 4.90 Å². The van der Waals surface area contributed by atoms with E-state index in [0.717, 1.165) is 11.1 Å². The number of aliphatic imine (C=N–C) groups is 1. The standard InChI is InChI=1S/C20H14FN5O2S.C10H10BrN3O2/c21-14-3-1-4-16(11-14)23-20-26(12-17-5-2-10-28-17)19(27)18(29-20)13-6-8-15(9-7-13)24-25-22;1-2-16-10(15)9(11)7-3-5-8(6-4-7)13-14-12/h1-11,18H,12H2;3-6,9H,2H2,1H3. The minimum atomic E-state index is -0.516. The van der Waals surface area contributed by atoms with Crippen molar-refractivity contribution in [1.29, 1.82) is 0 Å². The van der Waals surface area contributed by atoms with Gasteiger partial charge in [0.25, 0.3) is 0 Å². The molecule has 3 aromatic carbocycles. The Morgan fingerprint density at radius 2 is 1.69 bits per heavy atom. The normalized spacial score (nSPS) is 15.4. The van der Waals surface area contributed by atoms with Gasteiger partial charge in [-0.2, -0.15) is 0 Å². The average Bonchev–Trinajstić information content (AvgIpc) is 3.67. The van der Waals surface area contributed by atoms with Gasteiger partial charge >= 0.3 is 5.97 Å². The molecule has 1 aromatic heterocycles. The van der Waals surface area contributed by atoms with Gasteiger partial charge in [0.1, 0.15) is 21.7 Å². The zero-order valence-corrected chi connectivity index (χ0v) is 26.0. The third-order valence-electron chi connectivity index (χ3n) is 6.07. The summed E-state index contributed by atoms with van der Waals surface area (Å²) >= 11 is 4.52. The molecule has 0 spiro atoms. The topological polar surface area (TPSA) is 170 Å². The molecule has 4 aromatic rings. The number of hydrogen-bond donors (Lipinski definition) is 0. The number of rotatable bonds is 9. The Labute approximate surface area is 269 Å². The minimum Gasteiger partial charge on any atom is -0.467 e. The first kappa shape index (κ1) is 32.8. The summed E-state index contributed by atoms with van der Waals surface area (Å²) in [5.74, 6) is -0.272. The van der Waals surface area contributed by atoms with Crippen LogP contribution in [-0.2, 0) is 20.9 Å². The van der Waals surface area contributed by atoms with Crippen molar-refractivity contribution >= 4 is 61.8 Å². The number of azide groups is 2. The van der Waals surface area contributed by atoms with Gasteiger partial charge in [-0.15, -0.1) is 0 Å². The highest BCUT2D eigenvalue weighted by atomic mass is 79.9. The van der Waals surface area contributed by atoms with Crippen LogP contribution in [0.15, 0.2) is 111 Å². The lowest BCUT2D eigenvalue weighted by Crippen LogP contribution is -2.29. The molecule has 0 saturated carbocycles. The first-order valence-electron chi connectivity index (χ1n) is 13.3. The van der Waals surface area contributed by atoms with Crippen molar-refractivity contribution in [2.45, 2.75) is 23.5 Å². The largest absolute Gasteiger partial charge is 0.467 e. The predicted octanol–water partition coefficient (Wildman–Crippen LogP) is 9.49. The molecule has 1 fully saturated rings. The van der Waals surface area contributed by atoms with Crippen LogP contribution in [0.25, 0.3) is 20.9 Å². The number of nitrogens with zero attached hydrogens (tertiary/aromatic N) is 8. The monoisotopic (exact) mass is 690 g/mol. The maximum atomic E-state index is 13.6. The highest BCUT2D eigenvalue weighted by Crippen LogP contribution is 2.41. The van der Waals surface area contributed by atoms with E-state index < -0.39 is 15.9 Å². The summed E-state index contributed by atoms with van der Waals surface area (Å²) in [5, 5.41) is 6.92. The average molecular weight is 692 g/mol. The van der Waals surface area contributed by atoms with Gasteiger partial charge in [-0.05, 0) is 59.4 Å². The smallest absolute Gasteiger partial charge is 0.324 e. The number of furan rings is 1. The van der Waals surface area contributed by atoms with E-state index in [0.29, 0.717) is 34.6 Å². The van der Waals surface area contributed by atoms with Gasteiger partial charge in [0, 0.05) is 21.2 Å². The highest BCUT2D eigenvalue weighted by molar-refractivity contribution is 9.09. The zero-order chi connectivity index (χ0) is 32.2. The quantitative estimate of drug-likeness (QED) is 0.0559. The van der Waals surface area contributed by atoms with E-state index in [2.05, 4.69) is 41.0 Å². The van der Waals surface area contributed by atoms with Gasteiger partial charge < -0.3 is 9.15 Å². The summed E-state index contributed by atoms with van der Waals surface area (Å²) < 4.78 is 23.8. The lowest BCUT2D eigenvalue weighted by molar-refractivity contribution is -0.142. The number of hydrogen-bond acceptors (Lipinski definition) is 8. The summed E-state index contributed by atoms with van der Waals surface area (Å²) in [4.78, 5) is 35.5. The number of benzene rings is 3. The first-order chi connectivity index (χ1) is 21.8. The summed E-state index contributed by atoms with van der Waals surface area (Å²) in [6, 6.07) is 22.9. The summed E-state index contributed by atoms with van der Waals surface area (Å²) in [6.45, 7) is 2.32. The third-order valence-corrected chi connectivity index (χ3v) is 8.20. The molecule has 5 rings (SSSR count). The van der Waals surface area contributed by atoms with Crippen molar-refractivity contribution in [2.24, 2.45) is 15.2 Å². The molecule has 2 heterocycles. The van der Waals surface area contributed by atoms with Gasteiger partial charge in [-0.3, -0.25) is 14.5 Å². The van der Waals surface area contributed by atoms with Gasteiger partial charge in [0.05, 0.1) is 25.1 Å². The van der Waals surface area contributed by atoms with Gasteiger partial charge in [0.15, 0.2) is 5.17 Å². The van der Waals surface area contributed by atoms with Crippen LogP contribution in [0.2, 0.25) is 0 Å². The fraction of sp³-hybridized carbons (Fsp3) is 0.167. The molecule has 0 N–H and O–H groups in total. The SMILES string of the molecule is CCOC(=O)C(Br)c1ccc(N=[N+]=[N-])cc1.[N-]=[N+]=Nc1ccc(C2SC(=Nc3cccc(F)c3)N(Cc3ccco3)C2=O)cc1. The van der Waals surface area contributed by atoms with E-state index in [4.69, 9.17) is 20.2 Å². The number of amidine groups is 1. The Hall–Kier alpha value is -5.07. The minimum absolute atomic E-state index is 0.155. The van der Waals surface area contributed by atoms with Crippen LogP contribution in [0.1, 0.15) is 33.9 Å². The molecule has 228 valence electrons. The van der Waals surface area contributed by atoms with Crippen molar-refractivity contribution in [3.05, 3.63) is 135 Å². The van der Waals surface area contributed by atoms with E-state index in [1.807, 2.05) is 0 Å². The van der Waals surface area contributed by atoms with Crippen molar-refractivity contribution in [2.75, 3.05) is 6.61 Å². The van der Waals surface area contributed by atoms with Gasteiger partial charge in [0.2, 0.25) is 5.91 Å². The molecule has 0 aliphatic carbocycles. The first-order valence-corrected chi connectivity index (χ1v) is 15.1. The van der Waals surface area contributed by atoms with E-state index in [1.54, 1.807) is 86.0 Å². The molecule has 12 nitrogen and oxygen atoms in total. The molecule has 1 saturated heterocycles. The van der Waals surface area contributed by atoms with Crippen molar-refractivity contribution in [3.8, 4) is 0 Å². The maximum absolute atomic E-state index is 13.6. The number of halogens is 2. The Bertz CT molecular complexity index is 1760. The lowest BCUT2D eigenvalue weighted by atomic mass is 10.1. The van der Waals surface area contributed by atoms with E-state index >= 15 is 0 Å². The molecular weight excluding hydrogens is 667 g/mol. The Morgan fingerprint density at radius 1 is 1.02 bits per heavy atom. The number of ether oxygens (including phenoxy) is 1. The van der Waals surface area contributed by atoms with Crippen LogP contribution in [0.4, 0.5) is 21.5 Å². The number of esters is 1. The van der Waals surface area contributed by atoms with E-state index in [9.17, 15) is 14.0 Å². The van der Waals surface area contributed by atoms with Gasteiger partial charge in [-0.1, -0.05) is 92.5 Å². The van der Waals surface area contributed by atoms with Crippen LogP contribution in [-0.4, -0.2) is 28.6 Å². The number of thioether (sulfide) groups is 1. The van der Waals surface area contributed by atoms with Crippen molar-refractivity contribution in [3.63, 3.8) is 0 Å². The Balaban J connectivity index is 0.000000245. The molecule has 1 aliphatic heterocycles. The van der Waals surface area contributed by atoms with Gasteiger partial charge in [-0.25, -0.2) is 9.38 Å². The number of carbonyl (C=O) groups is 2. The summed E-state index contributed by atoms with van der Waals surface area (Å²) in [6.07, 6.45) is 1.54. The second-order valence-electron chi connectivity index (χ2n) is 9.05. The van der Waals surface area contributed by atoms with Crippen LogP contribution < -0.4 is 0 Å². The Morgan fingerprint density at radius 3 is 2.27 bits per heavy atom. The molecule has 1 aliphatic rings. The molecule has 15 heteroatoms. The second-order valence-corrected chi connectivity index (χ2v) is 11.0. The molecule has 1 amide bonds. The molecular formula is C30H24BrFN8O4S. The van der Waals surface area contributed by atoms with Crippen molar-refractivity contribution < 1.29 is 23.1 Å². The van der Waals surface area contributed by atoms with E-state index in [1.165, 1.54) is 28.8 Å². The molecule has 0 radical (unpaired) electrons. The van der Waals surface area contributed by atoms with E-state index in [-0.39, 0.29) is 18.4 Å². The summed E-state index contributed by atoms with van der Waals surface area (Å²) in [7, 11) is 0. The third kappa shape index (κ3) is 8.97. The zero-order valence-electron chi connectivity index (χ0n) is 23.6. The highest BCUT2D eigenvalue weighted by Gasteiger charge is 2.39. The number of amides is 1. The molecule has 2 unspecified atom stereocenters. The predicted molar refractivity (Wildman–Crippen MR) is 172 cm³/mol. The van der Waals surface area contributed by atoms with Crippen LogP contribution in [0.5, 0.6) is 0 Å². The lowest BCUT2D eigenvalue weighted by Gasteiger charge is -2.15. The summed E-state index contributed by atoms with van der Waals surface area (Å²) in [5.41, 5.74) is 19.7. The van der Waals surface area contributed by atoms with Crippen LogP contribution in [0.3, 0.4) is 0 Å². The fourth-order valence-corrected chi connectivity index (χ4v) is 5.60. The fourth-order valence-electron chi connectivity index (χ4n) is 3.99. The number of carbonyl (C=O) groups excluding carboxylic acids is 2. The number of alkyl halides is 1. The maximum Gasteiger partial charge on any atom is 0.324 e. The Kier molecular flexibility index (Phi) is 11.8. The molecule has 45 heavy (non-hydrogen) atoms. The van der Waals surface area contributed by atoms with Crippen LogP contribution in [0, 0.1) is 5.82 Å². The van der Waals surface area contributed by atoms with Crippen LogP contribution >= 0.6 is 27.7 Å².